The number of ether oxygens (including phenoxy) is 1. The number of aromatic hydroxyl groups is 1. The van der Waals surface area contributed by atoms with E-state index >= 15 is 0 Å². The van der Waals surface area contributed by atoms with Gasteiger partial charge in [0, 0.05) is 16.1 Å². The number of nitrogens with one attached hydrogen (secondary N) is 2. The van der Waals surface area contributed by atoms with Gasteiger partial charge in [0.1, 0.15) is 11.5 Å². The van der Waals surface area contributed by atoms with Crippen molar-refractivity contribution in [2.24, 2.45) is 5.10 Å². The molecule has 0 aliphatic rings. The van der Waals surface area contributed by atoms with E-state index in [1.807, 2.05) is 0 Å². The number of hydrogen-bond donors (Lipinski definition) is 3. The zero-order chi connectivity index (χ0) is 19.6. The highest BCUT2D eigenvalue weighted by molar-refractivity contribution is 9.10. The number of phenols is 1. The van der Waals surface area contributed by atoms with Crippen molar-refractivity contribution < 1.29 is 19.4 Å². The molecule has 0 saturated heterocycles. The second kappa shape index (κ2) is 10.1. The van der Waals surface area contributed by atoms with E-state index < -0.39 is 11.8 Å². The van der Waals surface area contributed by atoms with Crippen molar-refractivity contribution in [1.82, 2.24) is 10.7 Å². The molecule has 0 bridgehead atoms. The third-order valence-electron chi connectivity index (χ3n) is 3.35. The normalized spacial score (nSPS) is 10.9. The van der Waals surface area contributed by atoms with Gasteiger partial charge < -0.3 is 15.2 Å². The standard InChI is InChI=1S/C19H18BrN3O4/c1-27-16-6-2-13(3-7-16)4-9-18(25)21-12-19(26)23-22-11-14-10-15(20)5-8-17(14)24/h2-11,24H,12H2,1H3,(H,21,25)(H,23,26)/b9-4?,22-11+. The number of benzene rings is 2. The van der Waals surface area contributed by atoms with Crippen LogP contribution < -0.4 is 15.5 Å². The lowest BCUT2D eigenvalue weighted by Gasteiger charge is -2.02. The molecule has 0 spiro atoms. The van der Waals surface area contributed by atoms with E-state index in [1.54, 1.807) is 49.6 Å². The van der Waals surface area contributed by atoms with Gasteiger partial charge in [-0.3, -0.25) is 9.59 Å². The SMILES string of the molecule is COc1ccc(C=CC(=O)NCC(=O)N/N=C/c2cc(Br)ccc2O)cc1. The van der Waals surface area contributed by atoms with E-state index in [1.165, 1.54) is 18.4 Å². The summed E-state index contributed by atoms with van der Waals surface area (Å²) < 4.78 is 5.82. The lowest BCUT2D eigenvalue weighted by molar-refractivity contribution is -0.123. The van der Waals surface area contributed by atoms with E-state index in [9.17, 15) is 14.7 Å². The van der Waals surface area contributed by atoms with Crippen LogP contribution in [0, 0.1) is 0 Å². The van der Waals surface area contributed by atoms with Crippen LogP contribution in [-0.2, 0) is 9.59 Å². The van der Waals surface area contributed by atoms with Crippen LogP contribution in [0.2, 0.25) is 0 Å². The van der Waals surface area contributed by atoms with Gasteiger partial charge in [-0.25, -0.2) is 5.43 Å². The molecular weight excluding hydrogens is 414 g/mol. The summed E-state index contributed by atoms with van der Waals surface area (Å²) in [4.78, 5) is 23.4. The van der Waals surface area contributed by atoms with Crippen molar-refractivity contribution in [1.29, 1.82) is 0 Å². The van der Waals surface area contributed by atoms with Crippen LogP contribution in [-0.4, -0.2) is 36.8 Å². The number of rotatable bonds is 7. The largest absolute Gasteiger partial charge is 0.507 e. The Kier molecular flexibility index (Phi) is 7.57. The Balaban J connectivity index is 1.77. The molecule has 0 heterocycles. The summed E-state index contributed by atoms with van der Waals surface area (Å²) in [5.41, 5.74) is 3.54. The Hall–Kier alpha value is -3.13. The fraction of sp³-hybridized carbons (Fsp3) is 0.105. The third-order valence-corrected chi connectivity index (χ3v) is 3.84. The Morgan fingerprint density at radius 3 is 2.67 bits per heavy atom. The maximum absolute atomic E-state index is 11.7. The highest BCUT2D eigenvalue weighted by Crippen LogP contribution is 2.19. The molecular formula is C19H18BrN3O4. The first kappa shape index (κ1) is 20.2. The first-order valence-electron chi connectivity index (χ1n) is 7.88. The zero-order valence-corrected chi connectivity index (χ0v) is 16.1. The number of nitrogens with zero attached hydrogens (tertiary/aromatic N) is 1. The van der Waals surface area contributed by atoms with Crippen LogP contribution in [0.5, 0.6) is 11.5 Å². The number of phenolic OH excluding ortho intramolecular Hbond substituents is 1. The molecule has 3 N–H and O–H groups in total. The summed E-state index contributed by atoms with van der Waals surface area (Å²) in [6.07, 6.45) is 4.27. The molecule has 27 heavy (non-hydrogen) atoms. The summed E-state index contributed by atoms with van der Waals surface area (Å²) in [6.45, 7) is -0.229. The highest BCUT2D eigenvalue weighted by atomic mass is 79.9. The van der Waals surface area contributed by atoms with Crippen molar-refractivity contribution in [2.75, 3.05) is 13.7 Å². The molecule has 0 saturated carbocycles. The van der Waals surface area contributed by atoms with Crippen LogP contribution in [0.25, 0.3) is 6.08 Å². The maximum Gasteiger partial charge on any atom is 0.259 e. The topological polar surface area (TPSA) is 100 Å². The van der Waals surface area contributed by atoms with Crippen molar-refractivity contribution in [3.63, 3.8) is 0 Å². The number of carbonyl (C=O) groups is 2. The predicted molar refractivity (Wildman–Crippen MR) is 107 cm³/mol. The second-order valence-corrected chi connectivity index (χ2v) is 6.24. The lowest BCUT2D eigenvalue weighted by Crippen LogP contribution is -2.34. The molecule has 0 fully saturated rings. The van der Waals surface area contributed by atoms with Gasteiger partial charge in [-0.05, 0) is 42.0 Å². The molecule has 0 aliphatic heterocycles. The number of hydrazone groups is 1. The first-order chi connectivity index (χ1) is 13.0. The summed E-state index contributed by atoms with van der Waals surface area (Å²) >= 11 is 3.28. The van der Waals surface area contributed by atoms with Crippen LogP contribution in [0.15, 0.2) is 58.1 Å². The molecule has 140 valence electrons. The maximum atomic E-state index is 11.7. The van der Waals surface area contributed by atoms with E-state index in [0.29, 0.717) is 5.56 Å². The minimum atomic E-state index is -0.494. The highest BCUT2D eigenvalue weighted by Gasteiger charge is 2.03. The Bertz CT molecular complexity index is 864. The van der Waals surface area contributed by atoms with Crippen molar-refractivity contribution in [3.05, 3.63) is 64.1 Å². The summed E-state index contributed by atoms with van der Waals surface area (Å²) in [5.74, 6) is -0.139. The van der Waals surface area contributed by atoms with Crippen molar-refractivity contribution in [2.45, 2.75) is 0 Å². The summed E-state index contributed by atoms with van der Waals surface area (Å²) in [6, 6.07) is 12.0. The minimum Gasteiger partial charge on any atom is -0.507 e. The van der Waals surface area contributed by atoms with Crippen LogP contribution in [0.1, 0.15) is 11.1 Å². The van der Waals surface area contributed by atoms with Crippen molar-refractivity contribution >= 4 is 40.0 Å². The molecule has 0 unspecified atom stereocenters. The number of hydrogen-bond acceptors (Lipinski definition) is 5. The van der Waals surface area contributed by atoms with Crippen LogP contribution in [0.4, 0.5) is 0 Å². The average molecular weight is 432 g/mol. The second-order valence-electron chi connectivity index (χ2n) is 5.32. The smallest absolute Gasteiger partial charge is 0.259 e. The quantitative estimate of drug-likeness (QED) is 0.356. The lowest BCUT2D eigenvalue weighted by atomic mass is 10.2. The Morgan fingerprint density at radius 1 is 1.22 bits per heavy atom. The molecule has 2 aromatic rings. The van der Waals surface area contributed by atoms with Gasteiger partial charge in [0.25, 0.3) is 5.91 Å². The summed E-state index contributed by atoms with van der Waals surface area (Å²) in [5, 5.41) is 15.9. The fourth-order valence-corrected chi connectivity index (χ4v) is 2.33. The fourth-order valence-electron chi connectivity index (χ4n) is 1.96. The number of amides is 2. The van der Waals surface area contributed by atoms with E-state index in [2.05, 4.69) is 31.8 Å². The van der Waals surface area contributed by atoms with Gasteiger partial charge in [0.05, 0.1) is 19.9 Å². The van der Waals surface area contributed by atoms with Gasteiger partial charge in [0.15, 0.2) is 0 Å². The van der Waals surface area contributed by atoms with Crippen LogP contribution in [0.3, 0.4) is 0 Å². The number of halogens is 1. The van der Waals surface area contributed by atoms with Gasteiger partial charge in [0.2, 0.25) is 5.91 Å². The molecule has 0 aliphatic carbocycles. The Labute approximate surface area is 164 Å². The van der Waals surface area contributed by atoms with Crippen LogP contribution >= 0.6 is 15.9 Å². The third kappa shape index (κ3) is 6.95. The predicted octanol–water partition coefficient (Wildman–Crippen LogP) is 2.44. The van der Waals surface area contributed by atoms with E-state index in [-0.39, 0.29) is 12.3 Å². The molecule has 2 amide bonds. The van der Waals surface area contributed by atoms with E-state index in [0.717, 1.165) is 15.8 Å². The zero-order valence-electron chi connectivity index (χ0n) is 14.5. The van der Waals surface area contributed by atoms with Gasteiger partial charge in [-0.2, -0.15) is 5.10 Å². The Morgan fingerprint density at radius 2 is 1.96 bits per heavy atom. The first-order valence-corrected chi connectivity index (χ1v) is 8.67. The molecule has 8 heteroatoms. The van der Waals surface area contributed by atoms with Gasteiger partial charge in [-0.15, -0.1) is 0 Å². The monoisotopic (exact) mass is 431 g/mol. The molecule has 0 atom stereocenters. The number of carbonyl (C=O) groups excluding carboxylic acids is 2. The number of methoxy groups -OCH3 is 1. The molecule has 2 aromatic carbocycles. The van der Waals surface area contributed by atoms with Crippen molar-refractivity contribution in [3.8, 4) is 11.5 Å². The molecule has 2 rings (SSSR count). The average Bonchev–Trinajstić information content (AvgIpc) is 2.67. The minimum absolute atomic E-state index is 0.0353. The molecule has 0 aromatic heterocycles. The molecule has 7 nitrogen and oxygen atoms in total. The van der Waals surface area contributed by atoms with Gasteiger partial charge in [-0.1, -0.05) is 28.1 Å². The molecule has 0 radical (unpaired) electrons. The van der Waals surface area contributed by atoms with Gasteiger partial charge >= 0.3 is 0 Å². The summed E-state index contributed by atoms with van der Waals surface area (Å²) in [7, 11) is 1.58. The van der Waals surface area contributed by atoms with E-state index in [4.69, 9.17) is 4.74 Å².